The molecule has 7 nitrogen and oxygen atoms in total. The zero-order valence-electron chi connectivity index (χ0n) is 18.9. The van der Waals surface area contributed by atoms with E-state index in [0.717, 1.165) is 51.0 Å². The topological polar surface area (TPSA) is 64.2 Å². The van der Waals surface area contributed by atoms with E-state index in [0.29, 0.717) is 25.6 Å². The third-order valence-corrected chi connectivity index (χ3v) is 9.12. The van der Waals surface area contributed by atoms with Crippen LogP contribution in [0.5, 0.6) is 0 Å². The summed E-state index contributed by atoms with van der Waals surface area (Å²) in [7, 11) is -1.69. The van der Waals surface area contributed by atoms with Crippen LogP contribution in [0.25, 0.3) is 0 Å². The van der Waals surface area contributed by atoms with Crippen molar-refractivity contribution >= 4 is 21.8 Å². The van der Waals surface area contributed by atoms with Gasteiger partial charge in [0.2, 0.25) is 5.91 Å². The van der Waals surface area contributed by atoms with E-state index >= 15 is 0 Å². The molecule has 1 saturated heterocycles. The molecule has 2 aliphatic heterocycles. The number of hydrogen-bond acceptors (Lipinski definition) is 4. The molecule has 0 aromatic heterocycles. The maximum atomic E-state index is 13.2. The van der Waals surface area contributed by atoms with Gasteiger partial charge in [-0.25, -0.2) is 0 Å². The van der Waals surface area contributed by atoms with Crippen molar-refractivity contribution in [1.82, 2.24) is 13.5 Å². The standard InChI is InChI=1S/C23H36N4O3S/c1-19(28)25-12-14-26(15-13-25)23-9-8-22-18-27(11-10-21(22)16-23)31(29,30)24(2)17-20-6-4-3-5-7-20/h8-9,16,20H,3-7,10-15,17-18H2,1-2H3. The number of benzene rings is 1. The van der Waals surface area contributed by atoms with Crippen LogP contribution in [0.1, 0.15) is 50.2 Å². The molecule has 3 aliphatic rings. The molecule has 0 atom stereocenters. The summed E-state index contributed by atoms with van der Waals surface area (Å²) in [5.74, 6) is 0.636. The summed E-state index contributed by atoms with van der Waals surface area (Å²) >= 11 is 0. The average molecular weight is 449 g/mol. The zero-order chi connectivity index (χ0) is 22.0. The molecule has 0 N–H and O–H groups in total. The van der Waals surface area contributed by atoms with Gasteiger partial charge in [0.05, 0.1) is 0 Å². The highest BCUT2D eigenvalue weighted by Gasteiger charge is 2.32. The van der Waals surface area contributed by atoms with E-state index in [1.54, 1.807) is 22.6 Å². The van der Waals surface area contributed by atoms with Gasteiger partial charge in [0.15, 0.2) is 0 Å². The highest BCUT2D eigenvalue weighted by molar-refractivity contribution is 7.86. The minimum atomic E-state index is -3.43. The van der Waals surface area contributed by atoms with E-state index in [9.17, 15) is 13.2 Å². The molecule has 2 heterocycles. The van der Waals surface area contributed by atoms with Crippen LogP contribution in [0.2, 0.25) is 0 Å². The van der Waals surface area contributed by atoms with Crippen molar-refractivity contribution in [3.63, 3.8) is 0 Å². The van der Waals surface area contributed by atoms with Gasteiger partial charge in [-0.05, 0) is 48.4 Å². The van der Waals surface area contributed by atoms with E-state index in [1.807, 2.05) is 4.90 Å². The number of hydrogen-bond donors (Lipinski definition) is 0. The van der Waals surface area contributed by atoms with Crippen molar-refractivity contribution in [2.45, 2.75) is 52.0 Å². The van der Waals surface area contributed by atoms with Crippen LogP contribution in [0.15, 0.2) is 18.2 Å². The summed E-state index contributed by atoms with van der Waals surface area (Å²) in [4.78, 5) is 15.8. The molecular weight excluding hydrogens is 412 g/mol. The average Bonchev–Trinajstić information content (AvgIpc) is 2.79. The van der Waals surface area contributed by atoms with Crippen molar-refractivity contribution in [2.75, 3.05) is 51.2 Å². The minimum Gasteiger partial charge on any atom is -0.368 e. The number of fused-ring (bicyclic) bond motifs is 1. The summed E-state index contributed by atoms with van der Waals surface area (Å²) in [5, 5.41) is 0. The molecule has 0 radical (unpaired) electrons. The van der Waals surface area contributed by atoms with Crippen LogP contribution >= 0.6 is 0 Å². The van der Waals surface area contributed by atoms with E-state index in [4.69, 9.17) is 0 Å². The van der Waals surface area contributed by atoms with Crippen LogP contribution < -0.4 is 4.90 Å². The number of carbonyl (C=O) groups is 1. The van der Waals surface area contributed by atoms with Gasteiger partial charge in [0, 0.05) is 65.5 Å². The number of carbonyl (C=O) groups excluding carboxylic acids is 1. The van der Waals surface area contributed by atoms with Gasteiger partial charge in [-0.1, -0.05) is 25.3 Å². The molecule has 0 spiro atoms. The van der Waals surface area contributed by atoms with Gasteiger partial charge in [-0.15, -0.1) is 0 Å². The molecule has 1 amide bonds. The first-order chi connectivity index (χ1) is 14.8. The van der Waals surface area contributed by atoms with Crippen molar-refractivity contribution in [3.8, 4) is 0 Å². The van der Waals surface area contributed by atoms with Crippen LogP contribution in [0.3, 0.4) is 0 Å². The third-order valence-electron chi connectivity index (χ3n) is 7.22. The van der Waals surface area contributed by atoms with E-state index in [2.05, 4.69) is 23.1 Å². The predicted molar refractivity (Wildman–Crippen MR) is 123 cm³/mol. The fraction of sp³-hybridized carbons (Fsp3) is 0.696. The van der Waals surface area contributed by atoms with Crippen LogP contribution in [0, 0.1) is 5.92 Å². The Morgan fingerprint density at radius 2 is 1.74 bits per heavy atom. The molecule has 172 valence electrons. The number of piperazine rings is 1. The summed E-state index contributed by atoms with van der Waals surface area (Å²) in [5.41, 5.74) is 3.52. The first kappa shape index (κ1) is 22.6. The Morgan fingerprint density at radius 3 is 2.42 bits per heavy atom. The van der Waals surface area contributed by atoms with Crippen LogP contribution in [0.4, 0.5) is 5.69 Å². The Hall–Kier alpha value is -1.64. The second-order valence-corrected chi connectivity index (χ2v) is 11.4. The zero-order valence-corrected chi connectivity index (χ0v) is 19.7. The lowest BCUT2D eigenvalue weighted by Crippen LogP contribution is -2.48. The van der Waals surface area contributed by atoms with Gasteiger partial charge in [0.25, 0.3) is 10.2 Å². The molecule has 8 heteroatoms. The first-order valence-electron chi connectivity index (χ1n) is 11.7. The molecule has 1 aliphatic carbocycles. The van der Waals surface area contributed by atoms with Gasteiger partial charge in [0.1, 0.15) is 0 Å². The Bertz CT molecular complexity index is 890. The maximum absolute atomic E-state index is 13.2. The van der Waals surface area contributed by atoms with Gasteiger partial charge in [-0.3, -0.25) is 4.79 Å². The largest absolute Gasteiger partial charge is 0.368 e. The lowest BCUT2D eigenvalue weighted by atomic mass is 9.89. The predicted octanol–water partition coefficient (Wildman–Crippen LogP) is 2.47. The van der Waals surface area contributed by atoms with Crippen molar-refractivity contribution in [3.05, 3.63) is 29.3 Å². The maximum Gasteiger partial charge on any atom is 0.282 e. The molecular formula is C23H36N4O3S. The van der Waals surface area contributed by atoms with E-state index < -0.39 is 10.2 Å². The lowest BCUT2D eigenvalue weighted by Gasteiger charge is -2.37. The Morgan fingerprint density at radius 1 is 1.03 bits per heavy atom. The van der Waals surface area contributed by atoms with Crippen molar-refractivity contribution < 1.29 is 13.2 Å². The Labute approximate surface area is 187 Å². The second-order valence-electron chi connectivity index (χ2n) is 9.32. The molecule has 2 fully saturated rings. The molecule has 1 aromatic rings. The summed E-state index contributed by atoms with van der Waals surface area (Å²) in [6, 6.07) is 6.41. The van der Waals surface area contributed by atoms with Crippen LogP contribution in [-0.2, 0) is 28.0 Å². The summed E-state index contributed by atoms with van der Waals surface area (Å²) < 4.78 is 29.6. The van der Waals surface area contributed by atoms with E-state index in [-0.39, 0.29) is 5.91 Å². The Kier molecular flexibility index (Phi) is 6.89. The number of nitrogens with zero attached hydrogens (tertiary/aromatic N) is 4. The molecule has 4 rings (SSSR count). The summed E-state index contributed by atoms with van der Waals surface area (Å²) in [6.07, 6.45) is 6.76. The second kappa shape index (κ2) is 9.46. The monoisotopic (exact) mass is 448 g/mol. The number of amides is 1. The number of rotatable bonds is 5. The molecule has 31 heavy (non-hydrogen) atoms. The highest BCUT2D eigenvalue weighted by atomic mass is 32.2. The van der Waals surface area contributed by atoms with Gasteiger partial charge < -0.3 is 9.80 Å². The fourth-order valence-electron chi connectivity index (χ4n) is 5.21. The lowest BCUT2D eigenvalue weighted by molar-refractivity contribution is -0.129. The van der Waals surface area contributed by atoms with Gasteiger partial charge in [-0.2, -0.15) is 17.0 Å². The van der Waals surface area contributed by atoms with E-state index in [1.165, 1.54) is 30.5 Å². The van der Waals surface area contributed by atoms with Crippen LogP contribution in [-0.4, -0.2) is 74.2 Å². The normalized spacial score (nSPS) is 21.4. The number of anilines is 1. The SMILES string of the molecule is CC(=O)N1CCN(c2ccc3c(c2)CCN(S(=O)(=O)N(C)CC2CCCCC2)C3)CC1. The molecule has 0 unspecified atom stereocenters. The smallest absolute Gasteiger partial charge is 0.282 e. The van der Waals surface area contributed by atoms with Crippen molar-refractivity contribution in [1.29, 1.82) is 0 Å². The minimum absolute atomic E-state index is 0.139. The Balaban J connectivity index is 1.39. The van der Waals surface area contributed by atoms with Gasteiger partial charge >= 0.3 is 0 Å². The first-order valence-corrected chi connectivity index (χ1v) is 13.1. The van der Waals surface area contributed by atoms with Crippen molar-refractivity contribution in [2.24, 2.45) is 5.92 Å². The molecule has 1 aromatic carbocycles. The summed E-state index contributed by atoms with van der Waals surface area (Å²) in [6.45, 7) is 6.43. The third kappa shape index (κ3) is 5.07. The molecule has 1 saturated carbocycles. The molecule has 0 bridgehead atoms. The quantitative estimate of drug-likeness (QED) is 0.694. The highest BCUT2D eigenvalue weighted by Crippen LogP contribution is 2.29. The fourth-order valence-corrected chi connectivity index (χ4v) is 6.63.